The number of aryl methyl sites for hydroxylation is 1. The Bertz CT molecular complexity index is 802. The van der Waals surface area contributed by atoms with Gasteiger partial charge in [-0.1, -0.05) is 30.3 Å². The van der Waals surface area contributed by atoms with E-state index in [1.807, 2.05) is 54.6 Å². The summed E-state index contributed by atoms with van der Waals surface area (Å²) in [4.78, 5) is 11.1. The lowest BCUT2D eigenvalue weighted by Gasteiger charge is -2.10. The number of para-hydroxylation sites is 1. The van der Waals surface area contributed by atoms with Gasteiger partial charge in [-0.15, -0.1) is 0 Å². The smallest absolute Gasteiger partial charge is 0.305 e. The number of hydrogen-bond donors (Lipinski definition) is 1. The zero-order chi connectivity index (χ0) is 17.6. The second-order valence-electron chi connectivity index (χ2n) is 5.73. The second kappa shape index (κ2) is 7.85. The molecule has 0 aliphatic rings. The first-order valence-corrected chi connectivity index (χ1v) is 8.11. The largest absolute Gasteiger partial charge is 0.490 e. The van der Waals surface area contributed by atoms with Gasteiger partial charge in [-0.2, -0.15) is 0 Å². The Kier molecular flexibility index (Phi) is 5.36. The maximum Gasteiger partial charge on any atom is 0.305 e. The van der Waals surface area contributed by atoms with Crippen molar-refractivity contribution in [3.8, 4) is 5.75 Å². The molecule has 1 N–H and O–H groups in total. The number of methoxy groups -OCH3 is 1. The van der Waals surface area contributed by atoms with Crippen LogP contribution in [0.5, 0.6) is 5.75 Å². The number of esters is 1. The number of hydrogen-bond acceptors (Lipinski definition) is 5. The number of carbonyl (C=O) groups excluding carboxylic acids is 1. The molecule has 0 bridgehead atoms. The van der Waals surface area contributed by atoms with E-state index in [-0.39, 0.29) is 12.6 Å². The zero-order valence-corrected chi connectivity index (χ0v) is 14.0. The highest BCUT2D eigenvalue weighted by molar-refractivity contribution is 5.77. The van der Waals surface area contributed by atoms with E-state index >= 15 is 0 Å². The summed E-state index contributed by atoms with van der Waals surface area (Å²) in [6.07, 6.45) is 0.127. The lowest BCUT2D eigenvalue weighted by Crippen LogP contribution is -2.08. The van der Waals surface area contributed by atoms with Crippen LogP contribution >= 0.6 is 0 Å². The first-order valence-electron chi connectivity index (χ1n) is 8.11. The van der Waals surface area contributed by atoms with Crippen LogP contribution < -0.4 is 4.74 Å². The highest BCUT2D eigenvalue weighted by Gasteiger charge is 2.14. The normalized spacial score (nSPS) is 12.1. The van der Waals surface area contributed by atoms with E-state index in [1.54, 1.807) is 0 Å². The maximum atomic E-state index is 11.1. The standard InChI is InChI=1S/C20H20O5/c1-23-20(22)11-8-14-6-9-16(10-7-14)24-13-17(21)19-12-15-4-2-3-5-18(15)25-19/h2-7,9-10,12,17,21H,8,11,13H2,1H3/t17-/m1/s1. The van der Waals surface area contributed by atoms with Crippen LogP contribution in [0.4, 0.5) is 0 Å². The first-order chi connectivity index (χ1) is 12.2. The minimum atomic E-state index is -0.841. The predicted octanol–water partition coefficient (Wildman–Crippen LogP) is 3.65. The molecule has 0 saturated heterocycles. The van der Waals surface area contributed by atoms with Gasteiger partial charge in [-0.3, -0.25) is 4.79 Å². The van der Waals surface area contributed by atoms with E-state index < -0.39 is 6.10 Å². The van der Waals surface area contributed by atoms with Gasteiger partial charge in [-0.25, -0.2) is 0 Å². The number of aliphatic hydroxyl groups excluding tert-OH is 1. The molecule has 0 amide bonds. The Labute approximate surface area is 145 Å². The molecule has 1 atom stereocenters. The fraction of sp³-hybridized carbons (Fsp3) is 0.250. The highest BCUT2D eigenvalue weighted by atomic mass is 16.5. The van der Waals surface area contributed by atoms with Gasteiger partial charge in [0.1, 0.15) is 29.8 Å². The third kappa shape index (κ3) is 4.39. The molecular formula is C20H20O5. The number of benzene rings is 2. The molecule has 1 aromatic heterocycles. The van der Waals surface area contributed by atoms with E-state index in [0.29, 0.717) is 24.4 Å². The third-order valence-corrected chi connectivity index (χ3v) is 3.95. The van der Waals surface area contributed by atoms with Crippen LogP contribution in [0.2, 0.25) is 0 Å². The molecule has 0 unspecified atom stereocenters. The minimum Gasteiger partial charge on any atom is -0.490 e. The van der Waals surface area contributed by atoms with Crippen molar-refractivity contribution in [1.29, 1.82) is 0 Å². The Morgan fingerprint density at radius 3 is 2.64 bits per heavy atom. The Hall–Kier alpha value is -2.79. The molecule has 5 heteroatoms. The number of rotatable bonds is 7. The molecule has 0 fully saturated rings. The summed E-state index contributed by atoms with van der Waals surface area (Å²) in [6, 6.07) is 16.8. The van der Waals surface area contributed by atoms with Crippen molar-refractivity contribution in [2.45, 2.75) is 18.9 Å². The molecule has 25 heavy (non-hydrogen) atoms. The number of furan rings is 1. The molecule has 3 rings (SSSR count). The monoisotopic (exact) mass is 340 g/mol. The van der Waals surface area contributed by atoms with E-state index in [2.05, 4.69) is 4.74 Å². The van der Waals surface area contributed by atoms with Gasteiger partial charge in [-0.05, 0) is 36.2 Å². The molecule has 130 valence electrons. The minimum absolute atomic E-state index is 0.0985. The van der Waals surface area contributed by atoms with Gasteiger partial charge in [0.15, 0.2) is 0 Å². The number of carbonyl (C=O) groups is 1. The Morgan fingerprint density at radius 2 is 1.92 bits per heavy atom. The summed E-state index contributed by atoms with van der Waals surface area (Å²) in [6.45, 7) is 0.0985. The SMILES string of the molecule is COC(=O)CCc1ccc(OC[C@@H](O)c2cc3ccccc3o2)cc1. The summed E-state index contributed by atoms with van der Waals surface area (Å²) in [5.41, 5.74) is 1.77. The van der Waals surface area contributed by atoms with Gasteiger partial charge >= 0.3 is 5.97 Å². The highest BCUT2D eigenvalue weighted by Crippen LogP contribution is 2.24. The zero-order valence-electron chi connectivity index (χ0n) is 14.0. The molecular weight excluding hydrogens is 320 g/mol. The Balaban J connectivity index is 1.54. The lowest BCUT2D eigenvalue weighted by atomic mass is 10.1. The van der Waals surface area contributed by atoms with Crippen molar-refractivity contribution < 1.29 is 23.8 Å². The fourth-order valence-electron chi connectivity index (χ4n) is 2.52. The second-order valence-corrected chi connectivity index (χ2v) is 5.73. The maximum absolute atomic E-state index is 11.1. The topological polar surface area (TPSA) is 68.9 Å². The van der Waals surface area contributed by atoms with Crippen LogP contribution in [0, 0.1) is 0 Å². The summed E-state index contributed by atoms with van der Waals surface area (Å²) in [5.74, 6) is 0.905. The fourth-order valence-corrected chi connectivity index (χ4v) is 2.52. The van der Waals surface area contributed by atoms with Crippen LogP contribution in [-0.2, 0) is 16.0 Å². The number of ether oxygens (including phenoxy) is 2. The average Bonchev–Trinajstić information content (AvgIpc) is 3.09. The Morgan fingerprint density at radius 1 is 1.16 bits per heavy atom. The number of aliphatic hydroxyl groups is 1. The van der Waals surface area contributed by atoms with E-state index in [4.69, 9.17) is 9.15 Å². The van der Waals surface area contributed by atoms with E-state index in [9.17, 15) is 9.90 Å². The molecule has 1 heterocycles. The lowest BCUT2D eigenvalue weighted by molar-refractivity contribution is -0.140. The first kappa shape index (κ1) is 17.0. The van der Waals surface area contributed by atoms with Gasteiger partial charge in [0, 0.05) is 11.8 Å². The van der Waals surface area contributed by atoms with Crippen LogP contribution in [0.1, 0.15) is 23.8 Å². The molecule has 0 aliphatic carbocycles. The number of fused-ring (bicyclic) bond motifs is 1. The summed E-state index contributed by atoms with van der Waals surface area (Å²) in [5, 5.41) is 11.2. The van der Waals surface area contributed by atoms with Crippen LogP contribution in [0.15, 0.2) is 59.0 Å². The molecule has 0 aliphatic heterocycles. The van der Waals surface area contributed by atoms with Gasteiger partial charge < -0.3 is 19.0 Å². The third-order valence-electron chi connectivity index (χ3n) is 3.95. The van der Waals surface area contributed by atoms with Crippen molar-refractivity contribution in [2.75, 3.05) is 13.7 Å². The van der Waals surface area contributed by atoms with Crippen LogP contribution in [0.3, 0.4) is 0 Å². The van der Waals surface area contributed by atoms with Crippen LogP contribution in [-0.4, -0.2) is 24.8 Å². The molecule has 0 spiro atoms. The van der Waals surface area contributed by atoms with Gasteiger partial charge in [0.25, 0.3) is 0 Å². The van der Waals surface area contributed by atoms with Crippen molar-refractivity contribution in [3.63, 3.8) is 0 Å². The quantitative estimate of drug-likeness (QED) is 0.665. The van der Waals surface area contributed by atoms with E-state index in [1.165, 1.54) is 7.11 Å². The average molecular weight is 340 g/mol. The summed E-state index contributed by atoms with van der Waals surface area (Å²) < 4.78 is 15.9. The van der Waals surface area contributed by atoms with Crippen molar-refractivity contribution >= 4 is 16.9 Å². The molecule has 2 aromatic carbocycles. The van der Waals surface area contributed by atoms with Gasteiger partial charge in [0.05, 0.1) is 7.11 Å². The van der Waals surface area contributed by atoms with Crippen molar-refractivity contribution in [2.24, 2.45) is 0 Å². The predicted molar refractivity (Wildman–Crippen MR) is 93.4 cm³/mol. The summed E-state index contributed by atoms with van der Waals surface area (Å²) in [7, 11) is 1.38. The van der Waals surface area contributed by atoms with Crippen LogP contribution in [0.25, 0.3) is 11.0 Å². The molecule has 5 nitrogen and oxygen atoms in total. The molecule has 0 radical (unpaired) electrons. The van der Waals surface area contributed by atoms with Crippen molar-refractivity contribution in [1.82, 2.24) is 0 Å². The summed E-state index contributed by atoms with van der Waals surface area (Å²) >= 11 is 0. The van der Waals surface area contributed by atoms with Gasteiger partial charge in [0.2, 0.25) is 0 Å². The molecule has 0 saturated carbocycles. The molecule has 3 aromatic rings. The van der Waals surface area contributed by atoms with Crippen molar-refractivity contribution in [3.05, 3.63) is 65.9 Å². The van der Waals surface area contributed by atoms with E-state index in [0.717, 1.165) is 16.5 Å².